The summed E-state index contributed by atoms with van der Waals surface area (Å²) in [7, 11) is -0.275. The van der Waals surface area contributed by atoms with Crippen LogP contribution in [0.1, 0.15) is 12.8 Å². The molecule has 3 N–H and O–H groups in total. The van der Waals surface area contributed by atoms with Crippen molar-refractivity contribution in [2.45, 2.75) is 31.0 Å². The van der Waals surface area contributed by atoms with Crippen molar-refractivity contribution in [2.75, 3.05) is 27.2 Å². The summed E-state index contributed by atoms with van der Waals surface area (Å²) in [6, 6.07) is -0.249. The van der Waals surface area contributed by atoms with Crippen LogP contribution in [-0.2, 0) is 14.8 Å². The van der Waals surface area contributed by atoms with Crippen LogP contribution < -0.4 is 10.5 Å². The van der Waals surface area contributed by atoms with Crippen molar-refractivity contribution in [3.63, 3.8) is 0 Å². The highest BCUT2D eigenvalue weighted by molar-refractivity contribution is 7.93. The molecule has 0 spiro atoms. The Labute approximate surface area is 120 Å². The van der Waals surface area contributed by atoms with Gasteiger partial charge in [0.25, 0.3) is 0 Å². The van der Waals surface area contributed by atoms with Gasteiger partial charge in [0, 0.05) is 32.3 Å². The van der Waals surface area contributed by atoms with Crippen LogP contribution in [0.3, 0.4) is 0 Å². The van der Waals surface area contributed by atoms with Crippen LogP contribution in [0, 0.1) is 0 Å². The molecule has 0 bridgehead atoms. The summed E-state index contributed by atoms with van der Waals surface area (Å²) >= 11 is 0. The van der Waals surface area contributed by atoms with E-state index in [1.165, 1.54) is 7.05 Å². The van der Waals surface area contributed by atoms with Crippen molar-refractivity contribution in [1.82, 2.24) is 9.62 Å². The minimum absolute atomic E-state index is 0.0589. The quantitative estimate of drug-likeness (QED) is 0.751. The zero-order valence-electron chi connectivity index (χ0n) is 12.0. The Morgan fingerprint density at radius 1 is 1.40 bits per heavy atom. The van der Waals surface area contributed by atoms with Gasteiger partial charge in [0.1, 0.15) is 0 Å². The summed E-state index contributed by atoms with van der Waals surface area (Å²) in [6.07, 6.45) is 7.45. The van der Waals surface area contributed by atoms with Crippen molar-refractivity contribution in [3.8, 4) is 0 Å². The summed E-state index contributed by atoms with van der Waals surface area (Å²) in [6.45, 7) is 1.84. The molecule has 6 nitrogen and oxygen atoms in total. The van der Waals surface area contributed by atoms with E-state index in [0.29, 0.717) is 6.10 Å². The van der Waals surface area contributed by atoms with E-state index in [1.54, 1.807) is 19.3 Å². The fourth-order valence-corrected chi connectivity index (χ4v) is 3.57. The second-order valence-electron chi connectivity index (χ2n) is 5.17. The zero-order valence-corrected chi connectivity index (χ0v) is 12.8. The monoisotopic (exact) mass is 301 g/mol. The first-order valence-corrected chi connectivity index (χ1v) is 8.32. The van der Waals surface area contributed by atoms with E-state index in [0.717, 1.165) is 25.9 Å². The summed E-state index contributed by atoms with van der Waals surface area (Å²) in [5.41, 5.74) is 6.13. The average molecular weight is 301 g/mol. The van der Waals surface area contributed by atoms with Gasteiger partial charge >= 0.3 is 0 Å². The van der Waals surface area contributed by atoms with Gasteiger partial charge in [0.2, 0.25) is 10.0 Å². The van der Waals surface area contributed by atoms with Gasteiger partial charge in [-0.1, -0.05) is 6.08 Å². The van der Waals surface area contributed by atoms with Gasteiger partial charge in [-0.25, -0.2) is 13.1 Å². The third-order valence-electron chi connectivity index (χ3n) is 4.02. The first-order valence-electron chi connectivity index (χ1n) is 6.84. The Balaban J connectivity index is 2.03. The number of nitrogens with zero attached hydrogens (tertiary/aromatic N) is 1. The van der Waals surface area contributed by atoms with Gasteiger partial charge in [-0.15, -0.1) is 0 Å². The molecule has 2 rings (SSSR count). The summed E-state index contributed by atoms with van der Waals surface area (Å²) in [5, 5.41) is 0. The summed E-state index contributed by atoms with van der Waals surface area (Å²) in [5.74, 6) is 0. The number of methoxy groups -OCH3 is 1. The number of allylic oxidation sites excluding steroid dienone is 1. The molecule has 0 aromatic rings. The van der Waals surface area contributed by atoms with Crippen LogP contribution in [0.5, 0.6) is 0 Å². The first kappa shape index (κ1) is 15.7. The number of hydrogen-bond donors (Lipinski definition) is 2. The Bertz CT molecular complexity index is 493. The maximum Gasteiger partial charge on any atom is 0.240 e. The molecule has 1 saturated heterocycles. The second kappa shape index (κ2) is 6.36. The molecule has 0 aromatic carbocycles. The van der Waals surface area contributed by atoms with Crippen molar-refractivity contribution in [3.05, 3.63) is 23.1 Å². The standard InChI is InChI=1S/C13H23N3O3S/c1-15-20(17,18)11-3-4-13(12(14)9-11)16-7-5-10(19-2)6-8-16/h3-4,9-10,12-13,15H,5-8,14H2,1-2H3. The van der Waals surface area contributed by atoms with E-state index in [9.17, 15) is 8.42 Å². The fourth-order valence-electron chi connectivity index (χ4n) is 2.74. The molecule has 2 unspecified atom stereocenters. The molecule has 114 valence electrons. The van der Waals surface area contributed by atoms with E-state index >= 15 is 0 Å². The predicted molar refractivity (Wildman–Crippen MR) is 78.6 cm³/mol. The molecule has 1 aliphatic heterocycles. The van der Waals surface area contributed by atoms with E-state index in [4.69, 9.17) is 10.5 Å². The van der Waals surface area contributed by atoms with Crippen molar-refractivity contribution < 1.29 is 13.2 Å². The lowest BCUT2D eigenvalue weighted by atomic mass is 9.98. The van der Waals surface area contributed by atoms with Crippen LogP contribution in [-0.4, -0.2) is 58.8 Å². The maximum absolute atomic E-state index is 11.7. The van der Waals surface area contributed by atoms with E-state index in [1.807, 2.05) is 6.08 Å². The molecular formula is C13H23N3O3S. The van der Waals surface area contributed by atoms with Crippen LogP contribution in [0.25, 0.3) is 0 Å². The number of rotatable bonds is 4. The Morgan fingerprint density at radius 3 is 2.55 bits per heavy atom. The smallest absolute Gasteiger partial charge is 0.240 e. The third kappa shape index (κ3) is 3.29. The summed E-state index contributed by atoms with van der Waals surface area (Å²) < 4.78 is 31.2. The van der Waals surface area contributed by atoms with E-state index in [-0.39, 0.29) is 17.0 Å². The lowest BCUT2D eigenvalue weighted by Gasteiger charge is -2.38. The Kier molecular flexibility index (Phi) is 4.98. The highest BCUT2D eigenvalue weighted by atomic mass is 32.2. The van der Waals surface area contributed by atoms with Crippen molar-refractivity contribution >= 4 is 10.0 Å². The van der Waals surface area contributed by atoms with Gasteiger partial charge < -0.3 is 10.5 Å². The van der Waals surface area contributed by atoms with Gasteiger partial charge in [0.05, 0.1) is 11.0 Å². The normalized spacial score (nSPS) is 29.4. The minimum Gasteiger partial charge on any atom is -0.381 e. The lowest BCUT2D eigenvalue weighted by Crippen LogP contribution is -2.51. The SMILES string of the molecule is CNS(=O)(=O)C1=CC(N)C(N2CCC(OC)CC2)C=C1. The average Bonchev–Trinajstić information content (AvgIpc) is 2.47. The molecule has 1 heterocycles. The third-order valence-corrected chi connectivity index (χ3v) is 5.45. The molecule has 0 radical (unpaired) electrons. The molecular weight excluding hydrogens is 278 g/mol. The number of nitrogens with two attached hydrogens (primary N) is 1. The highest BCUT2D eigenvalue weighted by Gasteiger charge is 2.30. The van der Waals surface area contributed by atoms with Gasteiger partial charge in [0.15, 0.2) is 0 Å². The first-order chi connectivity index (χ1) is 9.47. The molecule has 2 atom stereocenters. The number of piperidine rings is 1. The molecule has 0 saturated carbocycles. The van der Waals surface area contributed by atoms with Crippen LogP contribution in [0.4, 0.5) is 0 Å². The molecule has 20 heavy (non-hydrogen) atoms. The zero-order chi connectivity index (χ0) is 14.8. The second-order valence-corrected chi connectivity index (χ2v) is 7.06. The number of sulfonamides is 1. The molecule has 1 aliphatic carbocycles. The number of ether oxygens (including phenoxy) is 1. The number of nitrogens with one attached hydrogen (secondary N) is 1. The Morgan fingerprint density at radius 2 is 2.05 bits per heavy atom. The van der Waals surface area contributed by atoms with Crippen molar-refractivity contribution in [1.29, 1.82) is 0 Å². The predicted octanol–water partition coefficient (Wildman–Crippen LogP) is -0.204. The van der Waals surface area contributed by atoms with Gasteiger partial charge in [-0.2, -0.15) is 0 Å². The molecule has 7 heteroatoms. The fraction of sp³-hybridized carbons (Fsp3) is 0.692. The number of hydrogen-bond acceptors (Lipinski definition) is 5. The molecule has 2 aliphatic rings. The van der Waals surface area contributed by atoms with E-state index < -0.39 is 10.0 Å². The highest BCUT2D eigenvalue weighted by Crippen LogP contribution is 2.22. The molecule has 1 fully saturated rings. The molecule has 0 aromatic heterocycles. The maximum atomic E-state index is 11.7. The Hall–Kier alpha value is -0.730. The lowest BCUT2D eigenvalue weighted by molar-refractivity contribution is 0.0318. The topological polar surface area (TPSA) is 84.7 Å². The minimum atomic E-state index is -3.42. The number of likely N-dealkylation sites (tertiary alicyclic amines) is 1. The van der Waals surface area contributed by atoms with Crippen LogP contribution in [0.15, 0.2) is 23.1 Å². The van der Waals surface area contributed by atoms with Crippen LogP contribution >= 0.6 is 0 Å². The van der Waals surface area contributed by atoms with Gasteiger partial charge in [-0.05, 0) is 32.0 Å². The molecule has 0 amide bonds. The van der Waals surface area contributed by atoms with E-state index in [2.05, 4.69) is 9.62 Å². The largest absolute Gasteiger partial charge is 0.381 e. The summed E-state index contributed by atoms with van der Waals surface area (Å²) in [4.78, 5) is 2.53. The van der Waals surface area contributed by atoms with Gasteiger partial charge in [-0.3, -0.25) is 4.90 Å². The van der Waals surface area contributed by atoms with Crippen molar-refractivity contribution in [2.24, 2.45) is 5.73 Å². The van der Waals surface area contributed by atoms with Crippen LogP contribution in [0.2, 0.25) is 0 Å².